The van der Waals surface area contributed by atoms with Crippen LogP contribution in [-0.4, -0.2) is 24.0 Å². The highest BCUT2D eigenvalue weighted by Gasteiger charge is 2.30. The normalized spacial score (nSPS) is 17.7. The molecule has 1 unspecified atom stereocenters. The van der Waals surface area contributed by atoms with Gasteiger partial charge in [-0.2, -0.15) is 0 Å². The summed E-state index contributed by atoms with van der Waals surface area (Å²) in [5.41, 5.74) is 6.06. The van der Waals surface area contributed by atoms with E-state index in [-0.39, 0.29) is 0 Å². The minimum Gasteiger partial charge on any atom is -0.329 e. The second-order valence-corrected chi connectivity index (χ2v) is 6.84. The van der Waals surface area contributed by atoms with Gasteiger partial charge in [0.15, 0.2) is 0 Å². The summed E-state index contributed by atoms with van der Waals surface area (Å²) in [5, 5.41) is 0. The molecule has 18 heavy (non-hydrogen) atoms. The Balaban J connectivity index is 2.12. The van der Waals surface area contributed by atoms with Gasteiger partial charge in [0.2, 0.25) is 0 Å². The predicted molar refractivity (Wildman–Crippen MR) is 80.1 cm³/mol. The molecule has 2 nitrogen and oxygen atoms in total. The van der Waals surface area contributed by atoms with Crippen molar-refractivity contribution in [1.82, 2.24) is 4.90 Å². The van der Waals surface area contributed by atoms with Gasteiger partial charge in [-0.15, -0.1) is 11.3 Å². The van der Waals surface area contributed by atoms with Crippen LogP contribution in [0.2, 0.25) is 0 Å². The van der Waals surface area contributed by atoms with Crippen molar-refractivity contribution >= 4 is 11.3 Å². The van der Waals surface area contributed by atoms with Crippen LogP contribution in [0.1, 0.15) is 49.4 Å². The third-order valence-electron chi connectivity index (χ3n) is 3.81. The zero-order valence-electron chi connectivity index (χ0n) is 11.9. The third kappa shape index (κ3) is 3.34. The van der Waals surface area contributed by atoms with Crippen LogP contribution in [0.15, 0.2) is 12.1 Å². The van der Waals surface area contributed by atoms with Gasteiger partial charge in [-0.05, 0) is 51.2 Å². The summed E-state index contributed by atoms with van der Waals surface area (Å²) < 4.78 is 0. The first kappa shape index (κ1) is 14.0. The fourth-order valence-corrected chi connectivity index (χ4v) is 3.56. The smallest absolute Gasteiger partial charge is 0.0566 e. The minimum absolute atomic E-state index is 0.413. The molecule has 0 aromatic carbocycles. The molecule has 1 aliphatic rings. The maximum atomic E-state index is 6.06. The van der Waals surface area contributed by atoms with Gasteiger partial charge in [0.1, 0.15) is 0 Å². The molecule has 1 aromatic heterocycles. The molecular weight excluding hydrogens is 240 g/mol. The first-order valence-corrected chi connectivity index (χ1v) is 8.01. The Morgan fingerprint density at radius 3 is 2.56 bits per heavy atom. The maximum absolute atomic E-state index is 6.06. The Hall–Kier alpha value is -0.380. The van der Waals surface area contributed by atoms with Crippen molar-refractivity contribution in [3.8, 4) is 0 Å². The molecule has 1 fully saturated rings. The number of rotatable bonds is 7. The molecule has 0 amide bonds. The molecule has 0 saturated heterocycles. The first-order valence-electron chi connectivity index (χ1n) is 7.20. The van der Waals surface area contributed by atoms with E-state index in [4.69, 9.17) is 5.73 Å². The van der Waals surface area contributed by atoms with Crippen LogP contribution in [0.3, 0.4) is 0 Å². The van der Waals surface area contributed by atoms with Gasteiger partial charge in [0, 0.05) is 28.9 Å². The van der Waals surface area contributed by atoms with Crippen LogP contribution in [0.5, 0.6) is 0 Å². The molecule has 0 spiro atoms. The number of hydrogen-bond donors (Lipinski definition) is 1. The summed E-state index contributed by atoms with van der Waals surface area (Å²) in [6.45, 7) is 8.75. The summed E-state index contributed by atoms with van der Waals surface area (Å²) in [6.07, 6.45) is 3.95. The molecular formula is C15H26N2S. The zero-order chi connectivity index (χ0) is 13.1. The van der Waals surface area contributed by atoms with Crippen molar-refractivity contribution in [3.05, 3.63) is 21.9 Å². The molecule has 0 bridgehead atoms. The van der Waals surface area contributed by atoms with E-state index >= 15 is 0 Å². The van der Waals surface area contributed by atoms with Gasteiger partial charge in [0.25, 0.3) is 0 Å². The van der Waals surface area contributed by atoms with E-state index in [2.05, 4.69) is 37.8 Å². The monoisotopic (exact) mass is 266 g/mol. The molecule has 2 N–H and O–H groups in total. The Bertz CT molecular complexity index is 368. The molecule has 1 aliphatic carbocycles. The third-order valence-corrected chi connectivity index (χ3v) is 5.14. The molecule has 0 radical (unpaired) electrons. The van der Waals surface area contributed by atoms with Crippen molar-refractivity contribution in [2.75, 3.05) is 13.1 Å². The Morgan fingerprint density at radius 2 is 2.11 bits per heavy atom. The van der Waals surface area contributed by atoms with Crippen molar-refractivity contribution in [2.24, 2.45) is 11.7 Å². The largest absolute Gasteiger partial charge is 0.329 e. The number of nitrogens with two attached hydrogens (primary N) is 1. The number of aryl methyl sites for hydroxylation is 1. The van der Waals surface area contributed by atoms with Crippen molar-refractivity contribution in [3.63, 3.8) is 0 Å². The van der Waals surface area contributed by atoms with Gasteiger partial charge in [-0.1, -0.05) is 6.92 Å². The highest BCUT2D eigenvalue weighted by atomic mass is 32.1. The van der Waals surface area contributed by atoms with Crippen LogP contribution < -0.4 is 5.73 Å². The number of thiophene rings is 1. The molecule has 1 saturated carbocycles. The van der Waals surface area contributed by atoms with Crippen molar-refractivity contribution in [1.29, 1.82) is 0 Å². The molecule has 3 heteroatoms. The second kappa shape index (κ2) is 6.18. The van der Waals surface area contributed by atoms with Gasteiger partial charge < -0.3 is 5.73 Å². The fraction of sp³-hybridized carbons (Fsp3) is 0.733. The topological polar surface area (TPSA) is 29.3 Å². The summed E-state index contributed by atoms with van der Waals surface area (Å²) in [4.78, 5) is 5.52. The van der Waals surface area contributed by atoms with Crippen LogP contribution in [-0.2, 0) is 6.42 Å². The van der Waals surface area contributed by atoms with E-state index in [1.165, 1.54) is 29.1 Å². The quantitative estimate of drug-likeness (QED) is 0.819. The molecule has 1 atom stereocenters. The number of nitrogens with zero attached hydrogens (tertiary/aromatic N) is 1. The minimum atomic E-state index is 0.413. The summed E-state index contributed by atoms with van der Waals surface area (Å²) >= 11 is 1.94. The average Bonchev–Trinajstić information content (AvgIpc) is 3.05. The van der Waals surface area contributed by atoms with E-state index in [0.717, 1.165) is 18.9 Å². The molecule has 102 valence electrons. The van der Waals surface area contributed by atoms with Gasteiger partial charge in [-0.3, -0.25) is 4.90 Å². The lowest BCUT2D eigenvalue weighted by Crippen LogP contribution is -2.39. The molecule has 0 aliphatic heterocycles. The van der Waals surface area contributed by atoms with E-state index in [1.54, 1.807) is 0 Å². The van der Waals surface area contributed by atoms with Gasteiger partial charge in [0.05, 0.1) is 6.04 Å². The lowest BCUT2D eigenvalue weighted by atomic mass is 10.1. The van der Waals surface area contributed by atoms with Crippen LogP contribution in [0, 0.1) is 5.92 Å². The fourth-order valence-electron chi connectivity index (χ4n) is 2.48. The summed E-state index contributed by atoms with van der Waals surface area (Å²) in [7, 11) is 0. The van der Waals surface area contributed by atoms with Gasteiger partial charge >= 0.3 is 0 Å². The van der Waals surface area contributed by atoms with Crippen molar-refractivity contribution in [2.45, 2.75) is 52.1 Å². The lowest BCUT2D eigenvalue weighted by molar-refractivity contribution is 0.152. The van der Waals surface area contributed by atoms with E-state index in [1.807, 2.05) is 11.3 Å². The highest BCUT2D eigenvalue weighted by Crippen LogP contribution is 2.35. The molecule has 2 rings (SSSR count). The number of hydrogen-bond acceptors (Lipinski definition) is 3. The highest BCUT2D eigenvalue weighted by molar-refractivity contribution is 7.12. The predicted octanol–water partition coefficient (Wildman–Crippen LogP) is 3.43. The Labute approximate surface area is 115 Å². The Morgan fingerprint density at radius 1 is 1.39 bits per heavy atom. The molecule has 1 heterocycles. The maximum Gasteiger partial charge on any atom is 0.0566 e. The van der Waals surface area contributed by atoms with Crippen molar-refractivity contribution < 1.29 is 0 Å². The average molecular weight is 266 g/mol. The Kier molecular flexibility index (Phi) is 4.82. The summed E-state index contributed by atoms with van der Waals surface area (Å²) in [6, 6.07) is 5.53. The molecule has 1 aromatic rings. The standard InChI is InChI=1S/C15H26N2S/c1-4-13-7-8-15(18-13)14(9-16)17(11(2)3)10-12-5-6-12/h7-8,11-12,14H,4-6,9-10,16H2,1-3H3. The SMILES string of the molecule is CCc1ccc(C(CN)N(CC2CC2)C(C)C)s1. The second-order valence-electron chi connectivity index (χ2n) is 5.64. The van der Waals surface area contributed by atoms with Crippen LogP contribution in [0.4, 0.5) is 0 Å². The van der Waals surface area contributed by atoms with Crippen LogP contribution in [0.25, 0.3) is 0 Å². The van der Waals surface area contributed by atoms with E-state index < -0.39 is 0 Å². The lowest BCUT2D eigenvalue weighted by Gasteiger charge is -2.34. The van der Waals surface area contributed by atoms with Gasteiger partial charge in [-0.25, -0.2) is 0 Å². The van der Waals surface area contributed by atoms with E-state index in [9.17, 15) is 0 Å². The first-order chi connectivity index (χ1) is 8.65. The van der Waals surface area contributed by atoms with Crippen LogP contribution >= 0.6 is 11.3 Å². The van der Waals surface area contributed by atoms with E-state index in [0.29, 0.717) is 12.1 Å². The zero-order valence-corrected chi connectivity index (χ0v) is 12.7. The summed E-state index contributed by atoms with van der Waals surface area (Å²) in [5.74, 6) is 0.923.